The zero-order valence-electron chi connectivity index (χ0n) is 18.7. The number of rotatable bonds is 18. The number of unbranched alkanes of at least 4 members (excludes halogenated alkanes) is 9. The summed E-state index contributed by atoms with van der Waals surface area (Å²) in [6.07, 6.45) is 7.39. The van der Waals surface area contributed by atoms with Crippen molar-refractivity contribution in [3.63, 3.8) is 0 Å². The van der Waals surface area contributed by atoms with Crippen LogP contribution in [0.1, 0.15) is 84.0 Å². The molecule has 0 aromatic carbocycles. The first-order valence-electron chi connectivity index (χ1n) is 9.78. The number of hydrogen-bond donors (Lipinski definition) is 1. The van der Waals surface area contributed by atoms with Gasteiger partial charge in [-0.2, -0.15) is 8.42 Å². The average Bonchev–Trinajstić information content (AvgIpc) is 2.58. The molecule has 0 aliphatic carbocycles. The molecule has 0 aromatic heterocycles. The zero-order valence-corrected chi connectivity index (χ0v) is 23.5. The van der Waals surface area contributed by atoms with Crippen molar-refractivity contribution < 1.29 is 106 Å². The van der Waals surface area contributed by atoms with Crippen molar-refractivity contribution in [1.82, 2.24) is 0 Å². The van der Waals surface area contributed by atoms with Gasteiger partial charge in [-0.15, -0.1) is 0 Å². The number of carbonyl (C=O) groups is 3. The van der Waals surface area contributed by atoms with Crippen molar-refractivity contribution >= 4 is 28.3 Å². The molecule has 31 heavy (non-hydrogen) atoms. The second-order valence-electron chi connectivity index (χ2n) is 6.91. The molecule has 0 spiro atoms. The van der Waals surface area contributed by atoms with Gasteiger partial charge in [0.25, 0.3) is 0 Å². The minimum atomic E-state index is -4.75. The third-order valence-corrected chi connectivity index (χ3v) is 5.02. The molecule has 0 radical (unpaired) electrons. The maximum absolute atomic E-state index is 11.5. The molecule has 170 valence electrons. The molecule has 0 saturated heterocycles. The Labute approximate surface area is 228 Å². The van der Waals surface area contributed by atoms with Crippen molar-refractivity contribution in [2.45, 2.75) is 89.6 Å². The van der Waals surface area contributed by atoms with Gasteiger partial charge in [-0.3, -0.25) is 4.79 Å². The van der Waals surface area contributed by atoms with Crippen LogP contribution in [0.15, 0.2) is 0 Å². The topological polar surface area (TPSA) is 170 Å². The number of carbonyl (C=O) groups excluding carboxylic acids is 3. The Hall–Kier alpha value is 0.280. The molecular formula is C18H30Na2O10S. The van der Waals surface area contributed by atoms with Gasteiger partial charge in [0.2, 0.25) is 0 Å². The normalized spacial score (nSPS) is 12.7. The van der Waals surface area contributed by atoms with Crippen LogP contribution >= 0.6 is 0 Å². The molecule has 0 bridgehead atoms. The van der Waals surface area contributed by atoms with E-state index in [0.29, 0.717) is 6.42 Å². The molecular weight excluding hydrogens is 454 g/mol. The maximum Gasteiger partial charge on any atom is 1.00 e. The van der Waals surface area contributed by atoms with E-state index in [1.54, 1.807) is 0 Å². The molecule has 0 aliphatic rings. The van der Waals surface area contributed by atoms with Crippen LogP contribution in [0.5, 0.6) is 0 Å². The second kappa shape index (κ2) is 19.7. The monoisotopic (exact) mass is 484 g/mol. The predicted molar refractivity (Wildman–Crippen MR) is 97.0 cm³/mol. The maximum atomic E-state index is 11.5. The van der Waals surface area contributed by atoms with E-state index in [4.69, 9.17) is 0 Å². The van der Waals surface area contributed by atoms with Crippen LogP contribution in [0, 0.1) is 0 Å². The largest absolute Gasteiger partial charge is 1.00 e. The van der Waals surface area contributed by atoms with Gasteiger partial charge in [-0.05, 0) is 6.42 Å². The van der Waals surface area contributed by atoms with Gasteiger partial charge in [0, 0.05) is 12.4 Å². The van der Waals surface area contributed by atoms with Crippen molar-refractivity contribution in [1.29, 1.82) is 0 Å². The standard InChI is InChI=1S/C18H32O10S.2Na/c1-2-3-4-5-6-7-8-9-10-11-12-27-29(25,26)28-16(21)14-18(24,17(22)23)13-15(19)20;;/h24H,2-14H2,1H3,(H,19,20)(H,22,23);;/q;2*+1/p-2. The van der Waals surface area contributed by atoms with Crippen LogP contribution in [0.3, 0.4) is 0 Å². The van der Waals surface area contributed by atoms with E-state index in [-0.39, 0.29) is 65.7 Å². The van der Waals surface area contributed by atoms with Gasteiger partial charge >= 0.3 is 75.5 Å². The van der Waals surface area contributed by atoms with Crippen LogP contribution in [0.4, 0.5) is 0 Å². The molecule has 1 unspecified atom stereocenters. The van der Waals surface area contributed by atoms with E-state index >= 15 is 0 Å². The number of hydrogen-bond acceptors (Lipinski definition) is 10. The second-order valence-corrected chi connectivity index (χ2v) is 8.13. The summed E-state index contributed by atoms with van der Waals surface area (Å²) in [5.41, 5.74) is -3.15. The smallest absolute Gasteiger partial charge is 0.550 e. The molecule has 13 heteroatoms. The van der Waals surface area contributed by atoms with E-state index in [9.17, 15) is 38.1 Å². The Morgan fingerprint density at radius 3 is 1.71 bits per heavy atom. The fraction of sp³-hybridized carbons (Fsp3) is 0.833. The Morgan fingerprint density at radius 2 is 1.29 bits per heavy atom. The number of carboxylic acids is 2. The minimum Gasteiger partial charge on any atom is -0.550 e. The molecule has 0 rings (SSSR count). The van der Waals surface area contributed by atoms with Gasteiger partial charge in [-0.25, -0.2) is 4.18 Å². The summed E-state index contributed by atoms with van der Waals surface area (Å²) in [7, 11) is -4.75. The third-order valence-electron chi connectivity index (χ3n) is 4.17. The van der Waals surface area contributed by atoms with Crippen LogP contribution in [0.25, 0.3) is 0 Å². The van der Waals surface area contributed by atoms with Crippen LogP contribution in [-0.2, 0) is 33.1 Å². The summed E-state index contributed by atoms with van der Waals surface area (Å²) < 4.78 is 31.6. The quantitative estimate of drug-likeness (QED) is 0.146. The summed E-state index contributed by atoms with van der Waals surface area (Å²) in [5, 5.41) is 30.8. The fourth-order valence-electron chi connectivity index (χ4n) is 2.60. The van der Waals surface area contributed by atoms with Gasteiger partial charge in [0.05, 0.1) is 19.0 Å². The molecule has 0 aromatic rings. The first-order valence-corrected chi connectivity index (χ1v) is 11.1. The molecule has 1 N–H and O–H groups in total. The van der Waals surface area contributed by atoms with Gasteiger partial charge in [-0.1, -0.05) is 64.7 Å². The number of carboxylic acid groups (broad SMARTS) is 2. The molecule has 10 nitrogen and oxygen atoms in total. The van der Waals surface area contributed by atoms with Crippen LogP contribution < -0.4 is 69.3 Å². The first kappa shape index (κ1) is 35.9. The Balaban J connectivity index is -0.00000392. The Bertz CT molecular complexity index is 627. The minimum absolute atomic E-state index is 0. The Morgan fingerprint density at radius 1 is 0.839 bits per heavy atom. The summed E-state index contributed by atoms with van der Waals surface area (Å²) in [5.74, 6) is -5.94. The summed E-state index contributed by atoms with van der Waals surface area (Å²) >= 11 is 0. The zero-order chi connectivity index (χ0) is 22.3. The van der Waals surface area contributed by atoms with E-state index in [1.165, 1.54) is 32.1 Å². The first-order chi connectivity index (χ1) is 13.5. The fourth-order valence-corrected chi connectivity index (χ4v) is 3.26. The Kier molecular flexibility index (Phi) is 22.8. The molecule has 0 amide bonds. The van der Waals surface area contributed by atoms with Crippen molar-refractivity contribution in [3.8, 4) is 0 Å². The summed E-state index contributed by atoms with van der Waals surface area (Å²) in [6.45, 7) is 1.93. The van der Waals surface area contributed by atoms with E-state index in [1.807, 2.05) is 0 Å². The van der Waals surface area contributed by atoms with E-state index < -0.39 is 46.7 Å². The number of aliphatic carboxylic acids is 2. The third kappa shape index (κ3) is 19.5. The van der Waals surface area contributed by atoms with E-state index in [0.717, 1.165) is 25.7 Å². The van der Waals surface area contributed by atoms with Gasteiger partial charge in [0.15, 0.2) is 0 Å². The number of aliphatic hydroxyl groups is 1. The van der Waals surface area contributed by atoms with E-state index in [2.05, 4.69) is 15.3 Å². The summed E-state index contributed by atoms with van der Waals surface area (Å²) in [4.78, 5) is 32.8. The van der Waals surface area contributed by atoms with Crippen LogP contribution in [-0.4, -0.2) is 43.6 Å². The van der Waals surface area contributed by atoms with Crippen molar-refractivity contribution in [3.05, 3.63) is 0 Å². The molecule has 0 heterocycles. The van der Waals surface area contributed by atoms with Crippen LogP contribution in [0.2, 0.25) is 0 Å². The average molecular weight is 484 g/mol. The summed E-state index contributed by atoms with van der Waals surface area (Å²) in [6, 6.07) is 0. The molecule has 1 atom stereocenters. The predicted octanol–water partition coefficient (Wildman–Crippen LogP) is -6.27. The molecule has 0 fully saturated rings. The molecule has 0 saturated carbocycles. The van der Waals surface area contributed by atoms with Crippen molar-refractivity contribution in [2.75, 3.05) is 6.61 Å². The molecule has 0 aliphatic heterocycles. The van der Waals surface area contributed by atoms with Gasteiger partial charge < -0.3 is 29.1 Å². The van der Waals surface area contributed by atoms with Crippen molar-refractivity contribution in [2.24, 2.45) is 0 Å². The SMILES string of the molecule is CCCCCCCCCCCCOS(=O)(=O)OC(=O)CC(O)(CC(=O)[O-])C(=O)[O-].[Na+].[Na+]. The van der Waals surface area contributed by atoms with Gasteiger partial charge in [0.1, 0.15) is 5.60 Å².